The molecule has 0 saturated heterocycles. The molecule has 0 aliphatic carbocycles. The molecule has 0 aromatic heterocycles. The molecule has 0 spiro atoms. The van der Waals surface area contributed by atoms with Gasteiger partial charge in [0.05, 0.1) is 19.6 Å². The molecule has 0 aromatic rings. The summed E-state index contributed by atoms with van der Waals surface area (Å²) in [6.07, 6.45) is 46.2. The van der Waals surface area contributed by atoms with Crippen molar-refractivity contribution in [2.75, 3.05) is 19.8 Å². The first-order chi connectivity index (χ1) is 26.6. The van der Waals surface area contributed by atoms with E-state index in [2.05, 4.69) is 92.1 Å². The fourth-order valence-electron chi connectivity index (χ4n) is 4.58. The van der Waals surface area contributed by atoms with E-state index in [1.807, 2.05) is 18.2 Å². The maximum absolute atomic E-state index is 12.2. The van der Waals surface area contributed by atoms with Crippen LogP contribution in [0.3, 0.4) is 0 Å². The van der Waals surface area contributed by atoms with Crippen LogP contribution in [0.1, 0.15) is 123 Å². The zero-order valence-corrected chi connectivity index (χ0v) is 34.1. The van der Waals surface area contributed by atoms with Crippen molar-refractivity contribution in [3.63, 3.8) is 0 Å². The molecule has 0 fully saturated rings. The standard InChI is InChI=1S/C43H68NO10P/c1-3-5-7-9-11-13-15-16-17-18-19-20-21-22-23-24-25-27-29-31-33-35-42(47)52-36-39(45)37-53-55(50,51)54-38-40(43(48)49)44-41(46)34-32-30-28-26-14-12-10-8-6-4-2/h5,7-8,10-11,13,16-17,19-20,22-23,25,27,31,33,39-40,45H,3-4,6,9,12,14-15,18,21,24,26,28-30,32,34-38H2,1-2H3,(H,44,46)(H,48,49)(H,50,51)/b7-5-,10-8-,13-11-,17-16-,20-19-,23-22-,27-25-,33-31-. The number of hydrogen-bond acceptors (Lipinski definition) is 8. The second kappa shape index (κ2) is 37.3. The first-order valence-corrected chi connectivity index (χ1v) is 21.3. The smallest absolute Gasteiger partial charge is 0.472 e. The monoisotopic (exact) mass is 789 g/mol. The van der Waals surface area contributed by atoms with E-state index in [-0.39, 0.29) is 12.8 Å². The molecular formula is C43H68NO10P. The second-order valence-electron chi connectivity index (χ2n) is 12.7. The molecule has 55 heavy (non-hydrogen) atoms. The van der Waals surface area contributed by atoms with Gasteiger partial charge in [0, 0.05) is 6.42 Å². The third kappa shape index (κ3) is 37.1. The van der Waals surface area contributed by atoms with E-state index < -0.39 is 57.6 Å². The van der Waals surface area contributed by atoms with Crippen molar-refractivity contribution >= 4 is 25.7 Å². The van der Waals surface area contributed by atoms with Gasteiger partial charge in [-0.1, -0.05) is 137 Å². The van der Waals surface area contributed by atoms with Crippen molar-refractivity contribution in [2.45, 2.75) is 135 Å². The van der Waals surface area contributed by atoms with Crippen LogP contribution in [0.4, 0.5) is 0 Å². The minimum absolute atomic E-state index is 0.0168. The Morgan fingerprint density at radius 2 is 1.09 bits per heavy atom. The minimum Gasteiger partial charge on any atom is -0.480 e. The van der Waals surface area contributed by atoms with Gasteiger partial charge in [-0.05, 0) is 70.6 Å². The van der Waals surface area contributed by atoms with Gasteiger partial charge in [0.2, 0.25) is 5.91 Å². The Morgan fingerprint density at radius 3 is 1.62 bits per heavy atom. The number of carboxylic acid groups (broad SMARTS) is 1. The number of aliphatic hydroxyl groups is 1. The van der Waals surface area contributed by atoms with Gasteiger partial charge >= 0.3 is 19.8 Å². The number of unbranched alkanes of at least 4 members (excludes halogenated alkanes) is 6. The van der Waals surface area contributed by atoms with Crippen LogP contribution in [-0.4, -0.2) is 64.9 Å². The van der Waals surface area contributed by atoms with Gasteiger partial charge in [0.1, 0.15) is 12.7 Å². The van der Waals surface area contributed by atoms with E-state index in [4.69, 9.17) is 13.8 Å². The van der Waals surface area contributed by atoms with Gasteiger partial charge in [0.15, 0.2) is 6.04 Å². The third-order valence-electron chi connectivity index (χ3n) is 7.62. The molecule has 1 amide bonds. The summed E-state index contributed by atoms with van der Waals surface area (Å²) in [4.78, 5) is 45.6. The quantitative estimate of drug-likeness (QED) is 0.0210. The summed E-state index contributed by atoms with van der Waals surface area (Å²) in [5.41, 5.74) is 0. The van der Waals surface area contributed by atoms with E-state index >= 15 is 0 Å². The normalized spacial score (nSPS) is 14.8. The average molecular weight is 790 g/mol. The maximum Gasteiger partial charge on any atom is 0.472 e. The molecule has 3 atom stereocenters. The van der Waals surface area contributed by atoms with Crippen LogP contribution < -0.4 is 5.32 Å². The largest absolute Gasteiger partial charge is 0.480 e. The first-order valence-electron chi connectivity index (χ1n) is 19.8. The molecule has 11 nitrogen and oxygen atoms in total. The fraction of sp³-hybridized carbons (Fsp3) is 0.558. The van der Waals surface area contributed by atoms with Gasteiger partial charge in [0.25, 0.3) is 0 Å². The van der Waals surface area contributed by atoms with Crippen LogP contribution in [0.15, 0.2) is 97.2 Å². The Morgan fingerprint density at radius 1 is 0.618 bits per heavy atom. The molecule has 0 aromatic carbocycles. The molecule has 0 aliphatic heterocycles. The third-order valence-corrected chi connectivity index (χ3v) is 8.57. The van der Waals surface area contributed by atoms with Gasteiger partial charge in [-0.15, -0.1) is 0 Å². The topological polar surface area (TPSA) is 169 Å². The van der Waals surface area contributed by atoms with Gasteiger partial charge in [-0.3, -0.25) is 18.6 Å². The highest BCUT2D eigenvalue weighted by Crippen LogP contribution is 2.43. The predicted octanol–water partition coefficient (Wildman–Crippen LogP) is 9.71. The summed E-state index contributed by atoms with van der Waals surface area (Å²) < 4.78 is 26.6. The van der Waals surface area contributed by atoms with E-state index in [9.17, 15) is 34.1 Å². The van der Waals surface area contributed by atoms with Gasteiger partial charge in [-0.25, -0.2) is 9.36 Å². The molecule has 4 N–H and O–H groups in total. The van der Waals surface area contributed by atoms with Crippen LogP contribution in [-0.2, 0) is 32.7 Å². The Hall–Kier alpha value is -3.60. The number of aliphatic hydroxyl groups excluding tert-OH is 1. The summed E-state index contributed by atoms with van der Waals surface area (Å²) in [7, 11) is -4.78. The van der Waals surface area contributed by atoms with Crippen molar-refractivity contribution in [3.8, 4) is 0 Å². The van der Waals surface area contributed by atoms with Gasteiger partial charge < -0.3 is 25.2 Å². The second-order valence-corrected chi connectivity index (χ2v) is 14.2. The lowest BCUT2D eigenvalue weighted by Gasteiger charge is -2.18. The van der Waals surface area contributed by atoms with Crippen molar-refractivity contribution in [1.82, 2.24) is 5.32 Å². The highest BCUT2D eigenvalue weighted by Gasteiger charge is 2.28. The van der Waals surface area contributed by atoms with Gasteiger partial charge in [-0.2, -0.15) is 0 Å². The number of carbonyl (C=O) groups is 3. The van der Waals surface area contributed by atoms with Crippen molar-refractivity contribution in [1.29, 1.82) is 0 Å². The number of rotatable bonds is 35. The number of phosphoric ester groups is 1. The molecule has 0 saturated carbocycles. The Labute approximate surface area is 330 Å². The predicted molar refractivity (Wildman–Crippen MR) is 221 cm³/mol. The van der Waals surface area contributed by atoms with E-state index in [1.54, 1.807) is 6.08 Å². The summed E-state index contributed by atoms with van der Waals surface area (Å²) in [5, 5.41) is 21.7. The Bertz CT molecular complexity index is 1300. The highest BCUT2D eigenvalue weighted by atomic mass is 31.2. The lowest BCUT2D eigenvalue weighted by atomic mass is 10.1. The van der Waals surface area contributed by atoms with E-state index in [0.717, 1.165) is 83.5 Å². The van der Waals surface area contributed by atoms with Crippen LogP contribution in [0.5, 0.6) is 0 Å². The van der Waals surface area contributed by atoms with Crippen LogP contribution in [0.2, 0.25) is 0 Å². The SMILES string of the molecule is CC/C=C\C/C=C\C/C=C\C/C=C\C/C=C\C/C=C\C/C=C\CC(=O)OCC(O)COP(=O)(O)OCC(NC(=O)CCCCCCC/C=C\CCC)C(=O)O. The van der Waals surface area contributed by atoms with Crippen LogP contribution >= 0.6 is 7.82 Å². The average Bonchev–Trinajstić information content (AvgIpc) is 3.16. The van der Waals surface area contributed by atoms with Crippen molar-refractivity contribution < 1.29 is 47.8 Å². The zero-order valence-electron chi connectivity index (χ0n) is 33.2. The molecule has 3 unspecified atom stereocenters. The maximum atomic E-state index is 12.2. The first kappa shape index (κ1) is 51.4. The number of ether oxygens (including phenoxy) is 1. The molecule has 310 valence electrons. The lowest BCUT2D eigenvalue weighted by molar-refractivity contribution is -0.146. The van der Waals surface area contributed by atoms with Crippen LogP contribution in [0, 0.1) is 0 Å². The number of esters is 1. The number of aliphatic carboxylic acids is 1. The number of nitrogens with one attached hydrogen (secondary N) is 1. The zero-order chi connectivity index (χ0) is 40.7. The highest BCUT2D eigenvalue weighted by molar-refractivity contribution is 7.47. The number of amides is 1. The lowest BCUT2D eigenvalue weighted by Crippen LogP contribution is -2.43. The van der Waals surface area contributed by atoms with Crippen LogP contribution in [0.25, 0.3) is 0 Å². The summed E-state index contributed by atoms with van der Waals surface area (Å²) in [6, 6.07) is -1.57. The number of phosphoric acid groups is 1. The number of carboxylic acids is 1. The molecule has 0 rings (SSSR count). The summed E-state index contributed by atoms with van der Waals surface area (Å²) >= 11 is 0. The van der Waals surface area contributed by atoms with Crippen molar-refractivity contribution in [3.05, 3.63) is 97.2 Å². The minimum atomic E-state index is -4.78. The Balaban J connectivity index is 4.08. The summed E-state index contributed by atoms with van der Waals surface area (Å²) in [6.45, 7) is 2.26. The molecule has 0 aliphatic rings. The fourth-order valence-corrected chi connectivity index (χ4v) is 5.35. The molecule has 0 radical (unpaired) electrons. The van der Waals surface area contributed by atoms with E-state index in [0.29, 0.717) is 12.8 Å². The molecule has 12 heteroatoms. The van der Waals surface area contributed by atoms with Crippen molar-refractivity contribution in [2.24, 2.45) is 0 Å². The molecule has 0 heterocycles. The van der Waals surface area contributed by atoms with E-state index in [1.165, 1.54) is 0 Å². The summed E-state index contributed by atoms with van der Waals surface area (Å²) in [5.74, 6) is -2.55. The number of allylic oxidation sites excluding steroid dienone is 15. The number of carbonyl (C=O) groups excluding carboxylic acids is 2. The molecular weight excluding hydrogens is 721 g/mol. The number of hydrogen-bond donors (Lipinski definition) is 4. The molecule has 0 bridgehead atoms. The Kier molecular flexibility index (Phi) is 34.9.